The van der Waals surface area contributed by atoms with E-state index in [2.05, 4.69) is 53.4 Å². The van der Waals surface area contributed by atoms with Crippen LogP contribution in [0.25, 0.3) is 20.4 Å². The average Bonchev–Trinajstić information content (AvgIpc) is 3.31. The molecule has 1 aliphatic heterocycles. The standard InChI is InChI=1S/C19H17N3S2/c1-3-9-16-13(6-1)20-18(23-16)12-22-11-5-8-15(22)19-21-14-7-2-4-10-17(14)24-19/h1-4,6-7,9-10,15H,5,8,11-12H2/t15-/m1/s1. The van der Waals surface area contributed by atoms with Crippen molar-refractivity contribution in [3.8, 4) is 0 Å². The van der Waals surface area contributed by atoms with Crippen LogP contribution in [0.15, 0.2) is 48.5 Å². The number of likely N-dealkylation sites (tertiary alicyclic amines) is 1. The van der Waals surface area contributed by atoms with Crippen molar-refractivity contribution < 1.29 is 0 Å². The number of aromatic nitrogens is 2. The second kappa shape index (κ2) is 5.92. The number of thiazole rings is 2. The van der Waals surface area contributed by atoms with Crippen LogP contribution in [-0.4, -0.2) is 21.4 Å². The van der Waals surface area contributed by atoms with E-state index in [0.29, 0.717) is 6.04 Å². The lowest BCUT2D eigenvalue weighted by molar-refractivity contribution is 0.248. The maximum absolute atomic E-state index is 4.89. The van der Waals surface area contributed by atoms with Gasteiger partial charge in [-0.25, -0.2) is 9.97 Å². The zero-order chi connectivity index (χ0) is 15.9. The number of para-hydroxylation sites is 2. The van der Waals surface area contributed by atoms with E-state index in [1.165, 1.54) is 32.3 Å². The van der Waals surface area contributed by atoms with Crippen molar-refractivity contribution in [2.75, 3.05) is 6.54 Å². The van der Waals surface area contributed by atoms with Crippen LogP contribution in [0.4, 0.5) is 0 Å². The van der Waals surface area contributed by atoms with E-state index in [9.17, 15) is 0 Å². The van der Waals surface area contributed by atoms with E-state index < -0.39 is 0 Å². The minimum Gasteiger partial charge on any atom is -0.287 e. The molecule has 0 radical (unpaired) electrons. The van der Waals surface area contributed by atoms with Crippen molar-refractivity contribution in [2.24, 2.45) is 0 Å². The Hall–Kier alpha value is -1.82. The van der Waals surface area contributed by atoms with Crippen LogP contribution in [0, 0.1) is 0 Å². The molecule has 3 nitrogen and oxygen atoms in total. The highest BCUT2D eigenvalue weighted by Crippen LogP contribution is 2.37. The normalized spacial score (nSPS) is 18.8. The lowest BCUT2D eigenvalue weighted by Crippen LogP contribution is -2.22. The summed E-state index contributed by atoms with van der Waals surface area (Å²) in [7, 11) is 0. The van der Waals surface area contributed by atoms with E-state index in [-0.39, 0.29) is 0 Å². The van der Waals surface area contributed by atoms with Crippen LogP contribution in [0.5, 0.6) is 0 Å². The van der Waals surface area contributed by atoms with E-state index >= 15 is 0 Å². The maximum atomic E-state index is 4.89. The van der Waals surface area contributed by atoms with Crippen molar-refractivity contribution in [1.29, 1.82) is 0 Å². The van der Waals surface area contributed by atoms with Gasteiger partial charge in [0.25, 0.3) is 0 Å². The molecule has 0 saturated carbocycles. The zero-order valence-electron chi connectivity index (χ0n) is 13.2. The van der Waals surface area contributed by atoms with Gasteiger partial charge in [-0.15, -0.1) is 22.7 Å². The molecule has 0 aliphatic carbocycles. The first kappa shape index (κ1) is 14.5. The summed E-state index contributed by atoms with van der Waals surface area (Å²) in [6.45, 7) is 2.07. The van der Waals surface area contributed by atoms with Crippen LogP contribution < -0.4 is 0 Å². The van der Waals surface area contributed by atoms with Crippen LogP contribution in [0.2, 0.25) is 0 Å². The monoisotopic (exact) mass is 351 g/mol. The van der Waals surface area contributed by atoms with Gasteiger partial charge >= 0.3 is 0 Å². The van der Waals surface area contributed by atoms with Crippen LogP contribution in [-0.2, 0) is 6.54 Å². The predicted octanol–water partition coefficient (Wildman–Crippen LogP) is 5.24. The largest absolute Gasteiger partial charge is 0.287 e. The third-order valence-corrected chi connectivity index (χ3v) is 6.79. The number of hydrogen-bond donors (Lipinski definition) is 0. The summed E-state index contributed by atoms with van der Waals surface area (Å²) >= 11 is 3.66. The lowest BCUT2D eigenvalue weighted by atomic mass is 10.2. The number of fused-ring (bicyclic) bond motifs is 2. The average molecular weight is 352 g/mol. The Morgan fingerprint density at radius 2 is 1.62 bits per heavy atom. The van der Waals surface area contributed by atoms with Crippen molar-refractivity contribution in [3.05, 3.63) is 58.5 Å². The van der Waals surface area contributed by atoms with Gasteiger partial charge in [0.15, 0.2) is 0 Å². The van der Waals surface area contributed by atoms with E-state index in [4.69, 9.17) is 9.97 Å². The highest BCUT2D eigenvalue weighted by molar-refractivity contribution is 7.19. The third kappa shape index (κ3) is 2.53. The van der Waals surface area contributed by atoms with Gasteiger partial charge in [0.1, 0.15) is 10.0 Å². The Morgan fingerprint density at radius 1 is 0.917 bits per heavy atom. The first-order valence-corrected chi connectivity index (χ1v) is 9.94. The summed E-state index contributed by atoms with van der Waals surface area (Å²) in [6, 6.07) is 17.3. The number of benzene rings is 2. The summed E-state index contributed by atoms with van der Waals surface area (Å²) in [5.74, 6) is 0. The summed E-state index contributed by atoms with van der Waals surface area (Å²) in [4.78, 5) is 12.2. The van der Waals surface area contributed by atoms with E-state index in [1.807, 2.05) is 22.7 Å². The molecule has 4 aromatic rings. The maximum Gasteiger partial charge on any atom is 0.111 e. The molecule has 1 saturated heterocycles. The Kier molecular flexibility index (Phi) is 3.58. The molecule has 0 spiro atoms. The molecule has 0 N–H and O–H groups in total. The predicted molar refractivity (Wildman–Crippen MR) is 102 cm³/mol. The Balaban J connectivity index is 1.44. The molecule has 3 heterocycles. The zero-order valence-corrected chi connectivity index (χ0v) is 14.8. The second-order valence-electron chi connectivity index (χ2n) is 6.22. The highest BCUT2D eigenvalue weighted by Gasteiger charge is 2.29. The van der Waals surface area contributed by atoms with Gasteiger partial charge in [0, 0.05) is 0 Å². The molecule has 0 unspecified atom stereocenters. The first-order valence-electron chi connectivity index (χ1n) is 8.31. The Labute approximate surface area is 148 Å². The fourth-order valence-corrected chi connectivity index (χ4v) is 5.62. The van der Waals surface area contributed by atoms with E-state index in [1.54, 1.807) is 0 Å². The van der Waals surface area contributed by atoms with E-state index in [0.717, 1.165) is 24.1 Å². The quantitative estimate of drug-likeness (QED) is 0.505. The summed E-state index contributed by atoms with van der Waals surface area (Å²) < 4.78 is 2.57. The van der Waals surface area contributed by atoms with Crippen molar-refractivity contribution in [1.82, 2.24) is 14.9 Å². The summed E-state index contributed by atoms with van der Waals surface area (Å²) in [5, 5.41) is 2.47. The van der Waals surface area contributed by atoms with Crippen molar-refractivity contribution in [2.45, 2.75) is 25.4 Å². The van der Waals surface area contributed by atoms with Gasteiger partial charge < -0.3 is 0 Å². The van der Waals surface area contributed by atoms with Crippen molar-refractivity contribution >= 4 is 43.1 Å². The van der Waals surface area contributed by atoms with Gasteiger partial charge in [-0.3, -0.25) is 4.90 Å². The minimum atomic E-state index is 0.439. The van der Waals surface area contributed by atoms with Gasteiger partial charge in [-0.05, 0) is 43.7 Å². The molecule has 2 aromatic carbocycles. The van der Waals surface area contributed by atoms with Gasteiger partial charge in [-0.1, -0.05) is 24.3 Å². The topological polar surface area (TPSA) is 29.0 Å². The van der Waals surface area contributed by atoms with Crippen LogP contribution >= 0.6 is 22.7 Å². The molecule has 24 heavy (non-hydrogen) atoms. The molecule has 2 aromatic heterocycles. The smallest absolute Gasteiger partial charge is 0.111 e. The number of nitrogens with zero attached hydrogens (tertiary/aromatic N) is 3. The Morgan fingerprint density at radius 3 is 2.38 bits per heavy atom. The molecule has 120 valence electrons. The summed E-state index contributed by atoms with van der Waals surface area (Å²) in [6.07, 6.45) is 2.44. The van der Waals surface area contributed by atoms with Gasteiger partial charge in [-0.2, -0.15) is 0 Å². The lowest BCUT2D eigenvalue weighted by Gasteiger charge is -2.21. The SMILES string of the molecule is c1ccc2sc(CN3CCC[C@@H]3c3nc4ccccc4s3)nc2c1. The fraction of sp³-hybridized carbons (Fsp3) is 0.263. The van der Waals surface area contributed by atoms with Crippen LogP contribution in [0.3, 0.4) is 0 Å². The second-order valence-corrected chi connectivity index (χ2v) is 8.40. The molecule has 1 aliphatic rings. The molecule has 5 rings (SSSR count). The van der Waals surface area contributed by atoms with Gasteiger partial charge in [0.2, 0.25) is 0 Å². The molecular formula is C19H17N3S2. The molecule has 5 heteroatoms. The third-order valence-electron chi connectivity index (χ3n) is 4.64. The highest BCUT2D eigenvalue weighted by atomic mass is 32.1. The Bertz CT molecular complexity index is 938. The molecule has 1 atom stereocenters. The first-order chi connectivity index (χ1) is 11.9. The molecular weight excluding hydrogens is 334 g/mol. The van der Waals surface area contributed by atoms with Gasteiger partial charge in [0.05, 0.1) is 33.0 Å². The minimum absolute atomic E-state index is 0.439. The summed E-state index contributed by atoms with van der Waals surface area (Å²) in [5.41, 5.74) is 2.25. The number of hydrogen-bond acceptors (Lipinski definition) is 5. The van der Waals surface area contributed by atoms with Crippen molar-refractivity contribution in [3.63, 3.8) is 0 Å². The van der Waals surface area contributed by atoms with Crippen LogP contribution in [0.1, 0.15) is 28.9 Å². The molecule has 0 amide bonds. The fourth-order valence-electron chi connectivity index (χ4n) is 3.49. The number of rotatable bonds is 3. The molecule has 1 fully saturated rings. The molecule has 0 bridgehead atoms.